The summed E-state index contributed by atoms with van der Waals surface area (Å²) >= 11 is 0. The van der Waals surface area contributed by atoms with Crippen LogP contribution in [0.15, 0.2) is 12.1 Å². The molecule has 1 aromatic carbocycles. The van der Waals surface area contributed by atoms with Crippen LogP contribution in [0.3, 0.4) is 0 Å². The molecule has 0 saturated heterocycles. The van der Waals surface area contributed by atoms with Gasteiger partial charge in [0, 0.05) is 0 Å². The van der Waals surface area contributed by atoms with Gasteiger partial charge >= 0.3 is 10.1 Å². The van der Waals surface area contributed by atoms with Crippen LogP contribution in [0.2, 0.25) is 0 Å². The SMILES string of the molecule is CCS(=O)(=O)Oc1cc2c(cc1OC)C1CC[C@]3(C)C(C)CCC3C1CC2. The standard InChI is InChI=1S/C22H32O4S/c1-5-27(23,24)26-21-12-15-7-8-17-16(18(15)13-20(21)25-4)10-11-22(3)14(2)6-9-19(17)22/h12-14,16-17,19H,5-11H2,1-4H3/t14?,16?,17?,19?,22-/m1/s1. The quantitative estimate of drug-likeness (QED) is 0.683. The Hall–Kier alpha value is -1.23. The third-order valence-corrected chi connectivity index (χ3v) is 9.19. The van der Waals surface area contributed by atoms with E-state index >= 15 is 0 Å². The van der Waals surface area contributed by atoms with E-state index < -0.39 is 10.1 Å². The fourth-order valence-corrected chi connectivity index (χ4v) is 6.78. The van der Waals surface area contributed by atoms with Crippen LogP contribution < -0.4 is 8.92 Å². The molecule has 0 aliphatic heterocycles. The number of hydrogen-bond acceptors (Lipinski definition) is 4. The fourth-order valence-electron chi connectivity index (χ4n) is 6.26. The van der Waals surface area contributed by atoms with Gasteiger partial charge in [-0.15, -0.1) is 0 Å². The second kappa shape index (κ2) is 6.68. The van der Waals surface area contributed by atoms with Crippen molar-refractivity contribution in [2.45, 2.75) is 65.2 Å². The molecule has 150 valence electrons. The Morgan fingerprint density at radius 1 is 1.15 bits per heavy atom. The minimum Gasteiger partial charge on any atom is -0.493 e. The van der Waals surface area contributed by atoms with Crippen LogP contribution in [-0.2, 0) is 16.5 Å². The molecule has 1 aromatic rings. The molecule has 0 aromatic heterocycles. The molecule has 5 heteroatoms. The molecule has 0 heterocycles. The second-order valence-electron chi connectivity index (χ2n) is 9.07. The van der Waals surface area contributed by atoms with E-state index in [0.29, 0.717) is 22.8 Å². The minimum absolute atomic E-state index is 0.0453. The molecule has 0 bridgehead atoms. The number of aryl methyl sites for hydroxylation is 1. The van der Waals surface area contributed by atoms with Crippen molar-refractivity contribution in [1.29, 1.82) is 0 Å². The Labute approximate surface area is 163 Å². The molecular formula is C22H32O4S. The molecule has 0 amide bonds. The lowest BCUT2D eigenvalue weighted by molar-refractivity contribution is 0.0336. The number of benzene rings is 1. The van der Waals surface area contributed by atoms with E-state index in [-0.39, 0.29) is 5.75 Å². The third-order valence-electron chi connectivity index (χ3n) is 8.05. The highest BCUT2D eigenvalue weighted by Crippen LogP contribution is 2.63. The molecular weight excluding hydrogens is 360 g/mol. The van der Waals surface area contributed by atoms with E-state index in [2.05, 4.69) is 19.9 Å². The van der Waals surface area contributed by atoms with Crippen molar-refractivity contribution < 1.29 is 17.3 Å². The Balaban J connectivity index is 1.69. The average molecular weight is 393 g/mol. The average Bonchev–Trinajstić information content (AvgIpc) is 2.95. The molecule has 0 N–H and O–H groups in total. The van der Waals surface area contributed by atoms with Crippen molar-refractivity contribution in [2.75, 3.05) is 12.9 Å². The van der Waals surface area contributed by atoms with E-state index in [1.54, 1.807) is 14.0 Å². The van der Waals surface area contributed by atoms with Gasteiger partial charge in [-0.25, -0.2) is 0 Å². The maximum Gasteiger partial charge on any atom is 0.309 e. The summed E-state index contributed by atoms with van der Waals surface area (Å²) in [5, 5.41) is 0. The van der Waals surface area contributed by atoms with E-state index in [1.165, 1.54) is 43.2 Å². The molecule has 0 radical (unpaired) electrons. The highest BCUT2D eigenvalue weighted by atomic mass is 32.2. The lowest BCUT2D eigenvalue weighted by atomic mass is 9.54. The Bertz CT molecular complexity index is 831. The number of rotatable bonds is 4. The van der Waals surface area contributed by atoms with Gasteiger partial charge in [-0.1, -0.05) is 13.8 Å². The molecule has 5 atom stereocenters. The fraction of sp³-hybridized carbons (Fsp3) is 0.727. The second-order valence-corrected chi connectivity index (χ2v) is 10.9. The molecule has 27 heavy (non-hydrogen) atoms. The Morgan fingerprint density at radius 3 is 2.63 bits per heavy atom. The maximum atomic E-state index is 11.9. The summed E-state index contributed by atoms with van der Waals surface area (Å²) in [4.78, 5) is 0. The van der Waals surface area contributed by atoms with Crippen molar-refractivity contribution in [1.82, 2.24) is 0 Å². The van der Waals surface area contributed by atoms with Gasteiger partial charge in [0.2, 0.25) is 0 Å². The number of ether oxygens (including phenoxy) is 1. The lowest BCUT2D eigenvalue weighted by Crippen LogP contribution is -2.41. The molecule has 4 nitrogen and oxygen atoms in total. The van der Waals surface area contributed by atoms with Crippen LogP contribution in [-0.4, -0.2) is 21.3 Å². The van der Waals surface area contributed by atoms with Crippen molar-refractivity contribution in [3.63, 3.8) is 0 Å². The van der Waals surface area contributed by atoms with Crippen LogP contribution in [0.5, 0.6) is 11.5 Å². The van der Waals surface area contributed by atoms with Crippen LogP contribution in [0.1, 0.15) is 69.9 Å². The summed E-state index contributed by atoms with van der Waals surface area (Å²) in [5.41, 5.74) is 3.11. The summed E-state index contributed by atoms with van der Waals surface area (Å²) < 4.78 is 34.7. The van der Waals surface area contributed by atoms with Gasteiger partial charge in [0.15, 0.2) is 11.5 Å². The van der Waals surface area contributed by atoms with Crippen molar-refractivity contribution in [3.8, 4) is 11.5 Å². The van der Waals surface area contributed by atoms with Gasteiger partial charge in [-0.05, 0) is 97.8 Å². The topological polar surface area (TPSA) is 52.6 Å². The number of methoxy groups -OCH3 is 1. The molecule has 2 saturated carbocycles. The smallest absolute Gasteiger partial charge is 0.309 e. The summed E-state index contributed by atoms with van der Waals surface area (Å²) in [6.07, 6.45) is 7.46. The summed E-state index contributed by atoms with van der Waals surface area (Å²) in [6, 6.07) is 3.98. The Kier molecular flexibility index (Phi) is 4.73. The third kappa shape index (κ3) is 3.06. The summed E-state index contributed by atoms with van der Waals surface area (Å²) in [6.45, 7) is 6.55. The van der Waals surface area contributed by atoms with Crippen LogP contribution in [0, 0.1) is 23.2 Å². The zero-order chi connectivity index (χ0) is 19.4. The van der Waals surface area contributed by atoms with Gasteiger partial charge in [0.25, 0.3) is 0 Å². The molecule has 4 unspecified atom stereocenters. The molecule has 0 spiro atoms. The van der Waals surface area contributed by atoms with Crippen LogP contribution in [0.25, 0.3) is 0 Å². The van der Waals surface area contributed by atoms with E-state index in [1.807, 2.05) is 6.07 Å². The number of hydrogen-bond donors (Lipinski definition) is 0. The van der Waals surface area contributed by atoms with Gasteiger partial charge in [0.1, 0.15) is 0 Å². The first-order chi connectivity index (χ1) is 12.8. The highest BCUT2D eigenvalue weighted by Gasteiger charge is 2.53. The Morgan fingerprint density at radius 2 is 1.93 bits per heavy atom. The predicted molar refractivity (Wildman–Crippen MR) is 107 cm³/mol. The molecule has 2 fully saturated rings. The van der Waals surface area contributed by atoms with Crippen LogP contribution in [0.4, 0.5) is 0 Å². The zero-order valence-corrected chi connectivity index (χ0v) is 17.8. The van der Waals surface area contributed by atoms with E-state index in [0.717, 1.165) is 24.2 Å². The molecule has 4 rings (SSSR count). The molecule has 3 aliphatic carbocycles. The first-order valence-electron chi connectivity index (χ1n) is 10.4. The first-order valence-corrected chi connectivity index (χ1v) is 12.0. The van der Waals surface area contributed by atoms with Gasteiger partial charge in [0.05, 0.1) is 12.9 Å². The van der Waals surface area contributed by atoms with Gasteiger partial charge < -0.3 is 8.92 Å². The van der Waals surface area contributed by atoms with Crippen molar-refractivity contribution in [3.05, 3.63) is 23.3 Å². The van der Waals surface area contributed by atoms with Crippen molar-refractivity contribution in [2.24, 2.45) is 23.2 Å². The first kappa shape index (κ1) is 19.1. The highest BCUT2D eigenvalue weighted by molar-refractivity contribution is 7.87. The number of fused-ring (bicyclic) bond motifs is 5. The minimum atomic E-state index is -3.56. The van der Waals surface area contributed by atoms with Gasteiger partial charge in [-0.2, -0.15) is 8.42 Å². The van der Waals surface area contributed by atoms with Crippen molar-refractivity contribution >= 4 is 10.1 Å². The predicted octanol–water partition coefficient (Wildman–Crippen LogP) is 4.92. The lowest BCUT2D eigenvalue weighted by Gasteiger charge is -2.50. The van der Waals surface area contributed by atoms with Gasteiger partial charge in [-0.3, -0.25) is 0 Å². The zero-order valence-electron chi connectivity index (χ0n) is 17.0. The summed E-state index contributed by atoms with van der Waals surface area (Å²) in [7, 11) is -1.97. The largest absolute Gasteiger partial charge is 0.493 e. The maximum absolute atomic E-state index is 11.9. The normalized spacial score (nSPS) is 35.1. The monoisotopic (exact) mass is 392 g/mol. The summed E-state index contributed by atoms with van der Waals surface area (Å²) in [5.74, 6) is 3.80. The molecule has 3 aliphatic rings. The van der Waals surface area contributed by atoms with E-state index in [9.17, 15) is 8.42 Å². The van der Waals surface area contributed by atoms with E-state index in [4.69, 9.17) is 8.92 Å². The van der Waals surface area contributed by atoms with Crippen LogP contribution >= 0.6 is 0 Å².